The second kappa shape index (κ2) is 9.76. The summed E-state index contributed by atoms with van der Waals surface area (Å²) in [4.78, 5) is 35.4. The summed E-state index contributed by atoms with van der Waals surface area (Å²) in [6, 6.07) is 8.85. The minimum Gasteiger partial charge on any atom is -0.335 e. The highest BCUT2D eigenvalue weighted by molar-refractivity contribution is 7.71. The van der Waals surface area contributed by atoms with Gasteiger partial charge in [-0.25, -0.2) is 4.98 Å². The van der Waals surface area contributed by atoms with Gasteiger partial charge in [0.15, 0.2) is 10.6 Å². The number of H-pyrrole nitrogens is 2. The fraction of sp³-hybridized carbons (Fsp3) is 0.286. The van der Waals surface area contributed by atoms with Crippen molar-refractivity contribution in [2.45, 2.75) is 32.9 Å². The number of nitrogens with zero attached hydrogens (tertiary/aromatic N) is 4. The molecule has 0 unspecified atom stereocenters. The van der Waals surface area contributed by atoms with Gasteiger partial charge in [0.25, 0.3) is 5.56 Å². The Bertz CT molecular complexity index is 1360. The molecule has 0 atom stereocenters. The van der Waals surface area contributed by atoms with E-state index in [1.54, 1.807) is 34.4 Å². The molecule has 0 aliphatic carbocycles. The van der Waals surface area contributed by atoms with Crippen LogP contribution in [0.3, 0.4) is 0 Å². The molecular weight excluding hydrogens is 468 g/mol. The summed E-state index contributed by atoms with van der Waals surface area (Å²) >= 11 is 13.0. The van der Waals surface area contributed by atoms with Crippen LogP contribution in [0.4, 0.5) is 0 Å². The maximum atomic E-state index is 13.1. The van der Waals surface area contributed by atoms with Crippen LogP contribution in [-0.2, 0) is 17.9 Å². The SMILES string of the molecule is CCCN(Cc1nc2cc(Cl)ccc2c(=O)[nH]1)C(=O)CCn1c(-c2cccs2)n[nH]c1=S. The summed E-state index contributed by atoms with van der Waals surface area (Å²) in [5.74, 6) is 1.09. The van der Waals surface area contributed by atoms with Crippen LogP contribution in [-0.4, -0.2) is 42.1 Å². The van der Waals surface area contributed by atoms with Crippen LogP contribution in [0.5, 0.6) is 0 Å². The number of nitrogens with one attached hydrogen (secondary N) is 2. The lowest BCUT2D eigenvalue weighted by Gasteiger charge is -2.22. The molecule has 4 aromatic rings. The summed E-state index contributed by atoms with van der Waals surface area (Å²) in [5.41, 5.74) is 0.251. The Morgan fingerprint density at radius 1 is 1.34 bits per heavy atom. The van der Waals surface area contributed by atoms with E-state index < -0.39 is 0 Å². The fourth-order valence-electron chi connectivity index (χ4n) is 3.46. The summed E-state index contributed by atoms with van der Waals surface area (Å²) in [7, 11) is 0. The molecule has 0 aliphatic rings. The zero-order valence-electron chi connectivity index (χ0n) is 17.3. The molecule has 4 rings (SSSR count). The van der Waals surface area contributed by atoms with Crippen LogP contribution >= 0.6 is 35.2 Å². The number of benzene rings is 1. The van der Waals surface area contributed by atoms with Gasteiger partial charge in [0.2, 0.25) is 5.91 Å². The largest absolute Gasteiger partial charge is 0.335 e. The highest BCUT2D eigenvalue weighted by atomic mass is 35.5. The molecule has 3 aromatic heterocycles. The molecule has 0 fully saturated rings. The molecule has 0 saturated carbocycles. The van der Waals surface area contributed by atoms with Crippen molar-refractivity contribution in [3.8, 4) is 10.7 Å². The van der Waals surface area contributed by atoms with Crippen molar-refractivity contribution in [2.24, 2.45) is 0 Å². The Balaban J connectivity index is 1.52. The number of amides is 1. The van der Waals surface area contributed by atoms with Crippen molar-refractivity contribution in [1.82, 2.24) is 29.6 Å². The Morgan fingerprint density at radius 2 is 2.19 bits per heavy atom. The molecule has 1 amide bonds. The lowest BCUT2D eigenvalue weighted by molar-refractivity contribution is -0.132. The third-order valence-electron chi connectivity index (χ3n) is 4.95. The first-order valence-electron chi connectivity index (χ1n) is 10.1. The Morgan fingerprint density at radius 3 is 2.94 bits per heavy atom. The van der Waals surface area contributed by atoms with Gasteiger partial charge in [-0.15, -0.1) is 11.3 Å². The maximum Gasteiger partial charge on any atom is 0.258 e. The van der Waals surface area contributed by atoms with Gasteiger partial charge in [-0.05, 0) is 48.3 Å². The van der Waals surface area contributed by atoms with E-state index in [1.807, 2.05) is 29.0 Å². The minimum atomic E-state index is -0.254. The molecule has 166 valence electrons. The van der Waals surface area contributed by atoms with E-state index in [0.29, 0.717) is 39.6 Å². The summed E-state index contributed by atoms with van der Waals surface area (Å²) in [5, 5.41) is 10.0. The van der Waals surface area contributed by atoms with Gasteiger partial charge in [0.05, 0.1) is 22.3 Å². The fourth-order valence-corrected chi connectivity index (χ4v) is 4.58. The van der Waals surface area contributed by atoms with Crippen LogP contribution in [0.2, 0.25) is 5.02 Å². The van der Waals surface area contributed by atoms with Crippen LogP contribution in [0.25, 0.3) is 21.6 Å². The van der Waals surface area contributed by atoms with Crippen molar-refractivity contribution in [1.29, 1.82) is 0 Å². The summed E-state index contributed by atoms with van der Waals surface area (Å²) in [6.45, 7) is 3.15. The van der Waals surface area contributed by atoms with Gasteiger partial charge >= 0.3 is 0 Å². The number of aromatic nitrogens is 5. The Labute approximate surface area is 197 Å². The van der Waals surface area contributed by atoms with E-state index in [4.69, 9.17) is 23.8 Å². The van der Waals surface area contributed by atoms with Gasteiger partial charge in [0, 0.05) is 24.5 Å². The smallest absolute Gasteiger partial charge is 0.258 e. The second-order valence-electron chi connectivity index (χ2n) is 7.22. The average Bonchev–Trinajstić information content (AvgIpc) is 3.41. The molecule has 3 heterocycles. The van der Waals surface area contributed by atoms with Gasteiger partial charge in [0.1, 0.15) is 5.82 Å². The van der Waals surface area contributed by atoms with E-state index in [9.17, 15) is 9.59 Å². The highest BCUT2D eigenvalue weighted by Crippen LogP contribution is 2.23. The number of carbonyl (C=O) groups excluding carboxylic acids is 1. The van der Waals surface area contributed by atoms with Crippen LogP contribution in [0, 0.1) is 4.77 Å². The molecule has 1 aromatic carbocycles. The number of aromatic amines is 2. The zero-order valence-corrected chi connectivity index (χ0v) is 19.7. The third kappa shape index (κ3) is 4.82. The topological polar surface area (TPSA) is 99.7 Å². The van der Waals surface area contributed by atoms with E-state index in [-0.39, 0.29) is 24.4 Å². The van der Waals surface area contributed by atoms with E-state index in [1.165, 1.54) is 0 Å². The van der Waals surface area contributed by atoms with E-state index in [2.05, 4.69) is 20.2 Å². The summed E-state index contributed by atoms with van der Waals surface area (Å²) < 4.78 is 2.31. The summed E-state index contributed by atoms with van der Waals surface area (Å²) in [6.07, 6.45) is 1.02. The molecule has 11 heteroatoms. The van der Waals surface area contributed by atoms with Crippen molar-refractivity contribution in [2.75, 3.05) is 6.54 Å². The second-order valence-corrected chi connectivity index (χ2v) is 8.99. The minimum absolute atomic E-state index is 0.0547. The third-order valence-corrected chi connectivity index (χ3v) is 6.37. The lowest BCUT2D eigenvalue weighted by atomic mass is 10.2. The Hall–Kier alpha value is -2.82. The van der Waals surface area contributed by atoms with Crippen LogP contribution in [0.15, 0.2) is 40.5 Å². The number of thiophene rings is 1. The lowest BCUT2D eigenvalue weighted by Crippen LogP contribution is -2.33. The average molecular weight is 489 g/mol. The number of fused-ring (bicyclic) bond motifs is 1. The zero-order chi connectivity index (χ0) is 22.7. The predicted molar refractivity (Wildman–Crippen MR) is 128 cm³/mol. The van der Waals surface area contributed by atoms with Crippen LogP contribution < -0.4 is 5.56 Å². The predicted octanol–water partition coefficient (Wildman–Crippen LogP) is 4.39. The monoisotopic (exact) mass is 488 g/mol. The molecule has 0 radical (unpaired) electrons. The van der Waals surface area contributed by atoms with Gasteiger partial charge in [-0.1, -0.05) is 24.6 Å². The first kappa shape index (κ1) is 22.4. The van der Waals surface area contributed by atoms with Crippen molar-refractivity contribution in [3.63, 3.8) is 0 Å². The molecular formula is C21H21ClN6O2S2. The van der Waals surface area contributed by atoms with E-state index in [0.717, 1.165) is 17.1 Å². The molecule has 2 N–H and O–H groups in total. The number of hydrogen-bond donors (Lipinski definition) is 2. The molecule has 0 spiro atoms. The quantitative estimate of drug-likeness (QED) is 0.358. The number of hydrogen-bond acceptors (Lipinski definition) is 6. The molecule has 0 bridgehead atoms. The molecule has 0 aliphatic heterocycles. The molecule has 0 saturated heterocycles. The molecule has 32 heavy (non-hydrogen) atoms. The maximum absolute atomic E-state index is 13.1. The van der Waals surface area contributed by atoms with Crippen molar-refractivity contribution >= 4 is 52.0 Å². The highest BCUT2D eigenvalue weighted by Gasteiger charge is 2.17. The van der Waals surface area contributed by atoms with E-state index >= 15 is 0 Å². The van der Waals surface area contributed by atoms with Crippen molar-refractivity contribution in [3.05, 3.63) is 61.7 Å². The number of carbonyl (C=O) groups is 1. The molecule has 8 nitrogen and oxygen atoms in total. The normalized spacial score (nSPS) is 11.2. The number of rotatable bonds is 8. The van der Waals surface area contributed by atoms with Gasteiger partial charge < -0.3 is 9.88 Å². The number of halogens is 1. The first-order chi connectivity index (χ1) is 15.5. The van der Waals surface area contributed by atoms with Crippen LogP contribution in [0.1, 0.15) is 25.6 Å². The van der Waals surface area contributed by atoms with Crippen molar-refractivity contribution < 1.29 is 4.79 Å². The Kier molecular flexibility index (Phi) is 6.83. The standard InChI is InChI=1S/C21H21ClN6O2S2/c1-2-8-27(12-17-23-15-11-13(22)5-6-14(15)20(30)24-17)18(29)7-9-28-19(25-26-21(28)31)16-4-3-10-32-16/h3-6,10-11H,2,7-9,12H2,1H3,(H,26,31)(H,23,24,30). The van der Waals surface area contributed by atoms with Gasteiger partial charge in [-0.3, -0.25) is 19.3 Å². The van der Waals surface area contributed by atoms with Gasteiger partial charge in [-0.2, -0.15) is 5.10 Å². The first-order valence-corrected chi connectivity index (χ1v) is 11.8.